The molecule has 1 atom stereocenters. The lowest BCUT2D eigenvalue weighted by Gasteiger charge is -2.12. The quantitative estimate of drug-likeness (QED) is 0.777. The van der Waals surface area contributed by atoms with Crippen LogP contribution in [0.2, 0.25) is 0 Å². The van der Waals surface area contributed by atoms with Crippen molar-refractivity contribution in [1.82, 2.24) is 10.6 Å². The Balaban J connectivity index is 0.00000264. The van der Waals surface area contributed by atoms with E-state index in [1.54, 1.807) is 0 Å². The Morgan fingerprint density at radius 1 is 1.39 bits per heavy atom. The van der Waals surface area contributed by atoms with Crippen LogP contribution in [-0.2, 0) is 4.79 Å². The summed E-state index contributed by atoms with van der Waals surface area (Å²) in [7, 11) is 0. The molecule has 130 valence electrons. The van der Waals surface area contributed by atoms with Crippen molar-refractivity contribution in [2.24, 2.45) is 0 Å². The molecule has 7 heteroatoms. The highest BCUT2D eigenvalue weighted by molar-refractivity contribution is 5.85. The Hall–Kier alpha value is -1.40. The molecule has 1 heterocycles. The summed E-state index contributed by atoms with van der Waals surface area (Å²) in [5.74, 6) is -2.01. The number of hydrogen-bond donors (Lipinski definition) is 2. The number of nitrogens with one attached hydrogen (secondary N) is 2. The van der Waals surface area contributed by atoms with Gasteiger partial charge in [0.05, 0.1) is 19.1 Å². The van der Waals surface area contributed by atoms with E-state index >= 15 is 0 Å². The minimum atomic E-state index is -2.79. The second-order valence-electron chi connectivity index (χ2n) is 5.86. The molecule has 0 aromatic heterocycles. The number of alkyl halides is 2. The third-order valence-electron chi connectivity index (χ3n) is 3.64. The Morgan fingerprint density at radius 2 is 2.04 bits per heavy atom. The number of amides is 1. The Labute approximate surface area is 141 Å². The lowest BCUT2D eigenvalue weighted by Crippen LogP contribution is -2.41. The molecule has 1 unspecified atom stereocenters. The first-order chi connectivity index (χ1) is 10.4. The van der Waals surface area contributed by atoms with Gasteiger partial charge < -0.3 is 10.1 Å². The topological polar surface area (TPSA) is 50.4 Å². The van der Waals surface area contributed by atoms with E-state index < -0.39 is 30.8 Å². The first kappa shape index (κ1) is 19.6. The van der Waals surface area contributed by atoms with Crippen molar-refractivity contribution >= 4 is 18.3 Å². The predicted molar refractivity (Wildman–Crippen MR) is 87.6 cm³/mol. The average molecular weight is 349 g/mol. The van der Waals surface area contributed by atoms with Crippen LogP contribution in [0.4, 0.5) is 8.78 Å². The highest BCUT2D eigenvalue weighted by Crippen LogP contribution is 2.25. The fourth-order valence-electron chi connectivity index (χ4n) is 2.32. The monoisotopic (exact) mass is 348 g/mol. The predicted octanol–water partition coefficient (Wildman–Crippen LogP) is 2.72. The van der Waals surface area contributed by atoms with Crippen LogP contribution in [0.1, 0.15) is 31.7 Å². The maximum absolute atomic E-state index is 13.0. The lowest BCUT2D eigenvalue weighted by molar-refractivity contribution is -0.123. The molecule has 1 saturated heterocycles. The molecule has 1 aromatic carbocycles. The zero-order valence-corrected chi connectivity index (χ0v) is 14.1. The maximum Gasteiger partial charge on any atom is 0.262 e. The zero-order chi connectivity index (χ0) is 16.2. The summed E-state index contributed by atoms with van der Waals surface area (Å²) in [6.07, 6.45) is -0.448. The SMILES string of the molecule is CC(C)c1ccc(OCCNC(=O)C2CC(F)(F)CN2)cc1.Cl. The van der Waals surface area contributed by atoms with Crippen molar-refractivity contribution in [3.8, 4) is 5.75 Å². The third kappa shape index (κ3) is 5.95. The molecule has 0 spiro atoms. The van der Waals surface area contributed by atoms with Gasteiger partial charge in [-0.3, -0.25) is 10.1 Å². The summed E-state index contributed by atoms with van der Waals surface area (Å²) in [5, 5.41) is 5.12. The molecule has 1 aliphatic heterocycles. The van der Waals surface area contributed by atoms with Gasteiger partial charge in [0.15, 0.2) is 0 Å². The number of carbonyl (C=O) groups is 1. The molecule has 0 radical (unpaired) electrons. The normalized spacial score (nSPS) is 19.3. The van der Waals surface area contributed by atoms with Gasteiger partial charge in [-0.05, 0) is 23.6 Å². The van der Waals surface area contributed by atoms with Crippen molar-refractivity contribution in [2.75, 3.05) is 19.7 Å². The molecule has 4 nitrogen and oxygen atoms in total. The van der Waals surface area contributed by atoms with Gasteiger partial charge in [-0.1, -0.05) is 26.0 Å². The molecule has 0 saturated carbocycles. The summed E-state index contributed by atoms with van der Waals surface area (Å²) in [5.41, 5.74) is 1.23. The van der Waals surface area contributed by atoms with Crippen molar-refractivity contribution in [1.29, 1.82) is 0 Å². The van der Waals surface area contributed by atoms with E-state index in [0.717, 1.165) is 5.75 Å². The fraction of sp³-hybridized carbons (Fsp3) is 0.562. The minimum Gasteiger partial charge on any atom is -0.492 e. The summed E-state index contributed by atoms with van der Waals surface area (Å²) in [4.78, 5) is 11.7. The van der Waals surface area contributed by atoms with E-state index in [2.05, 4.69) is 24.5 Å². The van der Waals surface area contributed by atoms with E-state index in [1.165, 1.54) is 5.56 Å². The smallest absolute Gasteiger partial charge is 0.262 e. The Morgan fingerprint density at radius 3 is 2.57 bits per heavy atom. The molecular weight excluding hydrogens is 326 g/mol. The van der Waals surface area contributed by atoms with Gasteiger partial charge in [-0.25, -0.2) is 8.78 Å². The molecule has 1 amide bonds. The fourth-order valence-corrected chi connectivity index (χ4v) is 2.32. The van der Waals surface area contributed by atoms with Crippen LogP contribution in [0.3, 0.4) is 0 Å². The minimum absolute atomic E-state index is 0. The van der Waals surface area contributed by atoms with E-state index in [0.29, 0.717) is 12.5 Å². The van der Waals surface area contributed by atoms with Crippen LogP contribution in [-0.4, -0.2) is 37.6 Å². The highest BCUT2D eigenvalue weighted by atomic mass is 35.5. The first-order valence-electron chi connectivity index (χ1n) is 7.49. The van der Waals surface area contributed by atoms with Crippen LogP contribution in [0.15, 0.2) is 24.3 Å². The lowest BCUT2D eigenvalue weighted by atomic mass is 10.0. The second kappa shape index (κ2) is 8.45. The molecule has 2 rings (SSSR count). The summed E-state index contributed by atoms with van der Waals surface area (Å²) in [6.45, 7) is 4.38. The first-order valence-corrected chi connectivity index (χ1v) is 7.49. The van der Waals surface area contributed by atoms with Crippen molar-refractivity contribution < 1.29 is 18.3 Å². The molecule has 2 N–H and O–H groups in total. The standard InChI is InChI=1S/C16H22F2N2O2.ClH/c1-11(2)12-3-5-13(6-4-12)22-8-7-19-15(21)14-9-16(17,18)10-20-14;/h3-6,11,14,20H,7-10H2,1-2H3,(H,19,21);1H. The second-order valence-corrected chi connectivity index (χ2v) is 5.86. The van der Waals surface area contributed by atoms with Gasteiger partial charge in [-0.2, -0.15) is 0 Å². The number of ether oxygens (including phenoxy) is 1. The number of halogens is 3. The van der Waals surface area contributed by atoms with Gasteiger partial charge in [0.2, 0.25) is 5.91 Å². The van der Waals surface area contributed by atoms with Crippen LogP contribution in [0.5, 0.6) is 5.75 Å². The summed E-state index contributed by atoms with van der Waals surface area (Å²) < 4.78 is 31.5. The van der Waals surface area contributed by atoms with Crippen molar-refractivity contribution in [3.05, 3.63) is 29.8 Å². The van der Waals surface area contributed by atoms with Gasteiger partial charge >= 0.3 is 0 Å². The van der Waals surface area contributed by atoms with Gasteiger partial charge in [0.25, 0.3) is 5.92 Å². The van der Waals surface area contributed by atoms with E-state index in [4.69, 9.17) is 4.74 Å². The summed E-state index contributed by atoms with van der Waals surface area (Å²) in [6, 6.07) is 6.96. The van der Waals surface area contributed by atoms with Crippen molar-refractivity contribution in [3.63, 3.8) is 0 Å². The zero-order valence-electron chi connectivity index (χ0n) is 13.3. The van der Waals surface area contributed by atoms with Crippen LogP contribution in [0, 0.1) is 0 Å². The molecule has 0 bridgehead atoms. The molecule has 1 aliphatic rings. The Kier molecular flexibility index (Phi) is 7.22. The molecule has 1 fully saturated rings. The molecule has 23 heavy (non-hydrogen) atoms. The maximum atomic E-state index is 13.0. The largest absolute Gasteiger partial charge is 0.492 e. The number of benzene rings is 1. The molecule has 1 aromatic rings. The van der Waals surface area contributed by atoms with Crippen molar-refractivity contribution in [2.45, 2.75) is 38.2 Å². The van der Waals surface area contributed by atoms with Crippen LogP contribution in [0.25, 0.3) is 0 Å². The average Bonchev–Trinajstić information content (AvgIpc) is 2.84. The Bertz CT molecular complexity index is 509. The number of hydrogen-bond acceptors (Lipinski definition) is 3. The van der Waals surface area contributed by atoms with Gasteiger partial charge in [0.1, 0.15) is 12.4 Å². The van der Waals surface area contributed by atoms with Gasteiger partial charge in [0, 0.05) is 6.42 Å². The van der Waals surface area contributed by atoms with E-state index in [9.17, 15) is 13.6 Å². The third-order valence-corrected chi connectivity index (χ3v) is 3.64. The molecule has 0 aliphatic carbocycles. The van der Waals surface area contributed by atoms with Gasteiger partial charge in [-0.15, -0.1) is 12.4 Å². The van der Waals surface area contributed by atoms with E-state index in [1.807, 2.05) is 24.3 Å². The highest BCUT2D eigenvalue weighted by Gasteiger charge is 2.42. The summed E-state index contributed by atoms with van der Waals surface area (Å²) >= 11 is 0. The van der Waals surface area contributed by atoms with Crippen LogP contribution >= 0.6 is 12.4 Å². The number of rotatable bonds is 6. The molecular formula is C16H23ClF2N2O2. The van der Waals surface area contributed by atoms with Crippen LogP contribution < -0.4 is 15.4 Å². The van der Waals surface area contributed by atoms with E-state index in [-0.39, 0.29) is 19.0 Å². The number of carbonyl (C=O) groups excluding carboxylic acids is 1.